The maximum absolute atomic E-state index is 12.4. The number of sulfone groups is 1. The molecule has 0 N–H and O–H groups in total. The molecule has 6 nitrogen and oxygen atoms in total. The zero-order valence-corrected chi connectivity index (χ0v) is 13.2. The van der Waals surface area contributed by atoms with Gasteiger partial charge in [0.2, 0.25) is 0 Å². The summed E-state index contributed by atoms with van der Waals surface area (Å²) in [6.45, 7) is 1.37. The molecule has 1 aliphatic heterocycles. The monoisotopic (exact) mass is 330 g/mol. The Hall–Kier alpha value is -2.54. The summed E-state index contributed by atoms with van der Waals surface area (Å²) in [5.74, 6) is -0.944. The maximum Gasteiger partial charge on any atom is 0.261 e. The van der Waals surface area contributed by atoms with Crippen molar-refractivity contribution in [3.63, 3.8) is 0 Å². The van der Waals surface area contributed by atoms with Crippen molar-refractivity contribution in [3.8, 4) is 0 Å². The molecule has 0 aliphatic carbocycles. The molecule has 23 heavy (non-hydrogen) atoms. The van der Waals surface area contributed by atoms with Crippen LogP contribution in [0.1, 0.15) is 33.3 Å². The van der Waals surface area contributed by atoms with Crippen molar-refractivity contribution in [2.45, 2.75) is 18.4 Å². The predicted molar refractivity (Wildman–Crippen MR) is 82.6 cm³/mol. The third-order valence-corrected chi connectivity index (χ3v) is 5.55. The van der Waals surface area contributed by atoms with Crippen LogP contribution in [0.15, 0.2) is 47.5 Å². The van der Waals surface area contributed by atoms with Gasteiger partial charge in [-0.15, -0.1) is 0 Å². The molecule has 0 saturated heterocycles. The lowest BCUT2D eigenvalue weighted by Crippen LogP contribution is -2.30. The van der Waals surface area contributed by atoms with E-state index in [9.17, 15) is 18.0 Å². The van der Waals surface area contributed by atoms with Gasteiger partial charge in [0, 0.05) is 6.20 Å². The van der Waals surface area contributed by atoms with Gasteiger partial charge in [-0.1, -0.05) is 19.1 Å². The molecular formula is C16H14N2O4S. The molecule has 2 heterocycles. The van der Waals surface area contributed by atoms with Crippen LogP contribution in [0.4, 0.5) is 0 Å². The second kappa shape index (κ2) is 5.58. The number of pyridine rings is 1. The minimum absolute atomic E-state index is 0.0547. The van der Waals surface area contributed by atoms with Gasteiger partial charge in [-0.3, -0.25) is 19.5 Å². The lowest BCUT2D eigenvalue weighted by atomic mass is 10.1. The van der Waals surface area contributed by atoms with Gasteiger partial charge in [-0.2, -0.15) is 0 Å². The summed E-state index contributed by atoms with van der Waals surface area (Å²) in [5.41, 5.74) is 0.852. The first kappa shape index (κ1) is 15.4. The van der Waals surface area contributed by atoms with Crippen molar-refractivity contribution < 1.29 is 18.0 Å². The Morgan fingerprint density at radius 2 is 1.61 bits per heavy atom. The van der Waals surface area contributed by atoms with Crippen LogP contribution >= 0.6 is 0 Å². The summed E-state index contributed by atoms with van der Waals surface area (Å²) < 4.78 is 24.3. The van der Waals surface area contributed by atoms with Gasteiger partial charge in [-0.05, 0) is 24.3 Å². The average molecular weight is 330 g/mol. The number of fused-ring (bicyclic) bond motifs is 1. The number of carbonyl (C=O) groups is 2. The van der Waals surface area contributed by atoms with Gasteiger partial charge in [0.15, 0.2) is 9.84 Å². The smallest absolute Gasteiger partial charge is 0.261 e. The second-order valence-electron chi connectivity index (χ2n) is 5.09. The highest BCUT2D eigenvalue weighted by Gasteiger charge is 2.36. The average Bonchev–Trinajstić information content (AvgIpc) is 2.81. The van der Waals surface area contributed by atoms with Crippen LogP contribution in [0, 0.1) is 0 Å². The number of benzene rings is 1. The zero-order chi connectivity index (χ0) is 16.6. The fourth-order valence-corrected chi connectivity index (χ4v) is 3.59. The summed E-state index contributed by atoms with van der Waals surface area (Å²) in [6.07, 6.45) is 1.45. The number of carbonyl (C=O) groups excluding carboxylic acids is 2. The van der Waals surface area contributed by atoms with Crippen LogP contribution in [-0.2, 0) is 16.4 Å². The topological polar surface area (TPSA) is 84.4 Å². The number of hydrogen-bond acceptors (Lipinski definition) is 5. The Bertz CT molecular complexity index is 871. The van der Waals surface area contributed by atoms with E-state index in [4.69, 9.17) is 0 Å². The van der Waals surface area contributed by atoms with Crippen LogP contribution in [0.2, 0.25) is 0 Å². The van der Waals surface area contributed by atoms with Crippen molar-refractivity contribution in [1.82, 2.24) is 9.88 Å². The van der Waals surface area contributed by atoms with Crippen LogP contribution in [0.5, 0.6) is 0 Å². The van der Waals surface area contributed by atoms with E-state index in [1.54, 1.807) is 24.3 Å². The van der Waals surface area contributed by atoms with E-state index in [-0.39, 0.29) is 22.9 Å². The van der Waals surface area contributed by atoms with E-state index in [1.807, 2.05) is 0 Å². The minimum atomic E-state index is -3.48. The molecular weight excluding hydrogens is 316 g/mol. The molecule has 0 spiro atoms. The fraction of sp³-hybridized carbons (Fsp3) is 0.188. The van der Waals surface area contributed by atoms with Crippen molar-refractivity contribution in [3.05, 3.63) is 59.4 Å². The lowest BCUT2D eigenvalue weighted by Gasteiger charge is -2.15. The summed E-state index contributed by atoms with van der Waals surface area (Å²) in [5, 5.41) is 0. The largest absolute Gasteiger partial charge is 0.269 e. The molecule has 0 saturated carbocycles. The number of nitrogens with zero attached hydrogens (tertiary/aromatic N) is 2. The molecule has 0 unspecified atom stereocenters. The molecule has 7 heteroatoms. The number of hydrogen-bond donors (Lipinski definition) is 0. The first-order valence-corrected chi connectivity index (χ1v) is 8.73. The van der Waals surface area contributed by atoms with E-state index >= 15 is 0 Å². The summed E-state index contributed by atoms with van der Waals surface area (Å²) >= 11 is 0. The Labute approximate surface area is 133 Å². The van der Waals surface area contributed by atoms with E-state index in [0.717, 1.165) is 4.90 Å². The molecule has 0 atom stereocenters. The molecule has 2 amide bonds. The summed E-state index contributed by atoms with van der Waals surface area (Å²) in [7, 11) is -3.48. The van der Waals surface area contributed by atoms with Gasteiger partial charge in [0.25, 0.3) is 11.8 Å². The number of aromatic nitrogens is 1. The van der Waals surface area contributed by atoms with Crippen molar-refractivity contribution in [2.24, 2.45) is 0 Å². The highest BCUT2D eigenvalue weighted by molar-refractivity contribution is 7.91. The summed E-state index contributed by atoms with van der Waals surface area (Å²) in [4.78, 5) is 29.9. The Kier molecular flexibility index (Phi) is 3.73. The van der Waals surface area contributed by atoms with Gasteiger partial charge in [-0.25, -0.2) is 8.42 Å². The third-order valence-electron chi connectivity index (χ3n) is 3.75. The quantitative estimate of drug-likeness (QED) is 0.796. The van der Waals surface area contributed by atoms with Crippen LogP contribution < -0.4 is 0 Å². The van der Waals surface area contributed by atoms with Crippen molar-refractivity contribution in [2.75, 3.05) is 5.75 Å². The SMILES string of the molecule is CCS(=O)(=O)c1cccnc1CN1C(=O)c2ccccc2C1=O. The minimum Gasteiger partial charge on any atom is -0.269 e. The predicted octanol–water partition coefficient (Wildman–Crippen LogP) is 1.67. The Balaban J connectivity index is 2.00. The molecule has 0 radical (unpaired) electrons. The van der Waals surface area contributed by atoms with Crippen LogP contribution in [0.3, 0.4) is 0 Å². The second-order valence-corrected chi connectivity index (χ2v) is 7.34. The number of rotatable bonds is 4. The van der Waals surface area contributed by atoms with E-state index in [1.165, 1.54) is 25.3 Å². The Morgan fingerprint density at radius 1 is 1.00 bits per heavy atom. The molecule has 1 aromatic carbocycles. The first-order chi connectivity index (χ1) is 11.0. The number of imide groups is 1. The van der Waals surface area contributed by atoms with E-state index in [2.05, 4.69) is 4.98 Å². The van der Waals surface area contributed by atoms with E-state index < -0.39 is 21.7 Å². The third kappa shape index (κ3) is 2.53. The first-order valence-electron chi connectivity index (χ1n) is 7.07. The fourth-order valence-electron chi connectivity index (χ4n) is 2.51. The van der Waals surface area contributed by atoms with E-state index in [0.29, 0.717) is 11.1 Å². The highest BCUT2D eigenvalue weighted by atomic mass is 32.2. The Morgan fingerprint density at radius 3 is 2.17 bits per heavy atom. The van der Waals surface area contributed by atoms with Gasteiger partial charge in [0.05, 0.1) is 34.0 Å². The van der Waals surface area contributed by atoms with Gasteiger partial charge < -0.3 is 0 Å². The molecule has 1 aliphatic rings. The van der Waals surface area contributed by atoms with Crippen molar-refractivity contribution >= 4 is 21.7 Å². The summed E-state index contributed by atoms with van der Waals surface area (Å²) in [6, 6.07) is 9.49. The molecule has 2 aromatic rings. The zero-order valence-electron chi connectivity index (χ0n) is 12.4. The molecule has 1 aromatic heterocycles. The molecule has 118 valence electrons. The van der Waals surface area contributed by atoms with Crippen LogP contribution in [0.25, 0.3) is 0 Å². The van der Waals surface area contributed by atoms with Crippen molar-refractivity contribution in [1.29, 1.82) is 0 Å². The van der Waals surface area contributed by atoms with Crippen LogP contribution in [-0.4, -0.2) is 35.9 Å². The number of amides is 2. The van der Waals surface area contributed by atoms with Gasteiger partial charge in [0.1, 0.15) is 0 Å². The standard InChI is InChI=1S/C16H14N2O4S/c1-2-23(21,22)14-8-5-9-17-13(14)10-18-15(19)11-6-3-4-7-12(11)16(18)20/h3-9H,2,10H2,1H3. The molecule has 3 rings (SSSR count). The van der Waals surface area contributed by atoms with Gasteiger partial charge >= 0.3 is 0 Å². The molecule has 0 bridgehead atoms. The highest BCUT2D eigenvalue weighted by Crippen LogP contribution is 2.25. The normalized spacial score (nSPS) is 14.2. The maximum atomic E-state index is 12.4. The lowest BCUT2D eigenvalue weighted by molar-refractivity contribution is 0.0639. The molecule has 0 fully saturated rings.